The van der Waals surface area contributed by atoms with Gasteiger partial charge < -0.3 is 4.74 Å². The molecular formula is C14H11BrN2O. The van der Waals surface area contributed by atoms with Crippen molar-refractivity contribution in [2.75, 3.05) is 0 Å². The maximum Gasteiger partial charge on any atom is 0.144 e. The number of halogens is 1. The molecule has 90 valence electrons. The molecule has 0 saturated carbocycles. The van der Waals surface area contributed by atoms with Gasteiger partial charge in [-0.15, -0.1) is 0 Å². The molecule has 1 aromatic carbocycles. The van der Waals surface area contributed by atoms with Crippen LogP contribution in [-0.2, 0) is 0 Å². The highest BCUT2D eigenvalue weighted by Crippen LogP contribution is 2.33. The maximum absolute atomic E-state index is 8.90. The van der Waals surface area contributed by atoms with Crippen LogP contribution >= 0.6 is 15.9 Å². The summed E-state index contributed by atoms with van der Waals surface area (Å²) < 4.78 is 6.67. The molecule has 0 N–H and O–H groups in total. The van der Waals surface area contributed by atoms with Crippen LogP contribution in [0.5, 0.6) is 11.5 Å². The first-order valence-electron chi connectivity index (χ1n) is 5.40. The second-order valence-corrected chi connectivity index (χ2v) is 4.81. The summed E-state index contributed by atoms with van der Waals surface area (Å²) >= 11 is 3.39. The summed E-state index contributed by atoms with van der Waals surface area (Å²) in [4.78, 5) is 3.99. The van der Waals surface area contributed by atoms with Crippen molar-refractivity contribution in [3.8, 4) is 17.6 Å². The molecule has 2 aromatic rings. The van der Waals surface area contributed by atoms with E-state index in [0.717, 1.165) is 21.3 Å². The van der Waals surface area contributed by atoms with Gasteiger partial charge in [0.2, 0.25) is 0 Å². The Labute approximate surface area is 114 Å². The lowest BCUT2D eigenvalue weighted by molar-refractivity contribution is 0.471. The Morgan fingerprint density at radius 3 is 2.50 bits per heavy atom. The lowest BCUT2D eigenvalue weighted by Crippen LogP contribution is -1.93. The second-order valence-electron chi connectivity index (χ2n) is 3.96. The molecule has 0 unspecified atom stereocenters. The third-order valence-corrected chi connectivity index (χ3v) is 3.13. The topological polar surface area (TPSA) is 45.9 Å². The van der Waals surface area contributed by atoms with E-state index >= 15 is 0 Å². The van der Waals surface area contributed by atoms with Crippen molar-refractivity contribution in [1.29, 1.82) is 5.26 Å². The van der Waals surface area contributed by atoms with Crippen LogP contribution < -0.4 is 4.74 Å². The Morgan fingerprint density at radius 2 is 1.94 bits per heavy atom. The zero-order valence-corrected chi connectivity index (χ0v) is 11.7. The average Bonchev–Trinajstić information content (AvgIpc) is 2.35. The predicted octanol–water partition coefficient (Wildman–Crippen LogP) is 4.12. The molecule has 0 radical (unpaired) electrons. The third-order valence-electron chi connectivity index (χ3n) is 2.54. The van der Waals surface area contributed by atoms with Crippen molar-refractivity contribution in [1.82, 2.24) is 4.98 Å². The highest BCUT2D eigenvalue weighted by molar-refractivity contribution is 9.10. The van der Waals surface area contributed by atoms with Gasteiger partial charge in [-0.3, -0.25) is 4.98 Å². The molecule has 0 atom stereocenters. The first-order chi connectivity index (χ1) is 8.61. The molecule has 18 heavy (non-hydrogen) atoms. The molecule has 0 spiro atoms. The van der Waals surface area contributed by atoms with Gasteiger partial charge >= 0.3 is 0 Å². The number of hydrogen-bond donors (Lipinski definition) is 0. The van der Waals surface area contributed by atoms with Crippen molar-refractivity contribution in [2.24, 2.45) is 0 Å². The van der Waals surface area contributed by atoms with Crippen molar-refractivity contribution >= 4 is 15.9 Å². The van der Waals surface area contributed by atoms with E-state index in [2.05, 4.69) is 27.0 Å². The molecule has 0 aliphatic heterocycles. The molecule has 2 rings (SSSR count). The van der Waals surface area contributed by atoms with Crippen molar-refractivity contribution in [3.63, 3.8) is 0 Å². The number of aromatic nitrogens is 1. The Kier molecular flexibility index (Phi) is 3.63. The number of aryl methyl sites for hydroxylation is 2. The van der Waals surface area contributed by atoms with Crippen LogP contribution in [-0.4, -0.2) is 4.98 Å². The predicted molar refractivity (Wildman–Crippen MR) is 72.6 cm³/mol. The quantitative estimate of drug-likeness (QED) is 0.838. The summed E-state index contributed by atoms with van der Waals surface area (Å²) in [6, 6.07) is 7.56. The molecule has 0 aliphatic rings. The first kappa shape index (κ1) is 12.6. The fourth-order valence-electron chi connectivity index (χ4n) is 1.73. The minimum atomic E-state index is 0.645. The van der Waals surface area contributed by atoms with E-state index in [0.29, 0.717) is 11.3 Å². The Bertz CT molecular complexity index is 609. The Balaban J connectivity index is 2.42. The molecular weight excluding hydrogens is 292 g/mol. The van der Waals surface area contributed by atoms with E-state index in [1.807, 2.05) is 26.0 Å². The number of ether oxygens (including phenoxy) is 1. The Morgan fingerprint density at radius 1 is 1.28 bits per heavy atom. The molecule has 0 fully saturated rings. The van der Waals surface area contributed by atoms with E-state index in [9.17, 15) is 0 Å². The highest BCUT2D eigenvalue weighted by atomic mass is 79.9. The summed E-state index contributed by atoms with van der Waals surface area (Å²) in [7, 11) is 0. The highest BCUT2D eigenvalue weighted by Gasteiger charge is 2.09. The first-order valence-corrected chi connectivity index (χ1v) is 6.20. The SMILES string of the molecule is Cc1cc(C#N)cc(C)c1Oc1ccncc1Br. The van der Waals surface area contributed by atoms with Gasteiger partial charge in [0.15, 0.2) is 0 Å². The monoisotopic (exact) mass is 302 g/mol. The number of nitrogens with zero attached hydrogens (tertiary/aromatic N) is 2. The van der Waals surface area contributed by atoms with Crippen molar-refractivity contribution in [2.45, 2.75) is 13.8 Å². The van der Waals surface area contributed by atoms with E-state index in [1.165, 1.54) is 0 Å². The molecule has 0 amide bonds. The minimum Gasteiger partial charge on any atom is -0.456 e. The maximum atomic E-state index is 8.90. The zero-order valence-electron chi connectivity index (χ0n) is 10.1. The van der Waals surface area contributed by atoms with E-state index in [4.69, 9.17) is 10.00 Å². The van der Waals surface area contributed by atoms with Gasteiger partial charge in [0.25, 0.3) is 0 Å². The van der Waals surface area contributed by atoms with Crippen molar-refractivity contribution in [3.05, 3.63) is 51.8 Å². The van der Waals surface area contributed by atoms with Gasteiger partial charge in [0, 0.05) is 18.5 Å². The molecule has 0 bridgehead atoms. The number of benzene rings is 1. The Hall–Kier alpha value is -1.86. The van der Waals surface area contributed by atoms with Crippen LogP contribution in [0, 0.1) is 25.2 Å². The van der Waals surface area contributed by atoms with Gasteiger partial charge in [0.05, 0.1) is 16.1 Å². The standard InChI is InChI=1S/C14H11BrN2O/c1-9-5-11(7-16)6-10(2)14(9)18-13-3-4-17-8-12(13)15/h3-6,8H,1-2H3. The van der Waals surface area contributed by atoms with Crippen molar-refractivity contribution < 1.29 is 4.74 Å². The van der Waals surface area contributed by atoms with Gasteiger partial charge in [-0.2, -0.15) is 5.26 Å². The number of nitriles is 1. The van der Waals surface area contributed by atoms with Gasteiger partial charge in [-0.1, -0.05) is 0 Å². The van der Waals surface area contributed by atoms with Crippen LogP contribution in [0.25, 0.3) is 0 Å². The molecule has 1 aromatic heterocycles. The summed E-state index contributed by atoms with van der Waals surface area (Å²) in [6.45, 7) is 3.86. The van der Waals surface area contributed by atoms with Crippen LogP contribution in [0.2, 0.25) is 0 Å². The van der Waals surface area contributed by atoms with E-state index in [1.54, 1.807) is 18.5 Å². The number of pyridine rings is 1. The second kappa shape index (κ2) is 5.19. The third kappa shape index (κ3) is 2.52. The molecule has 3 nitrogen and oxygen atoms in total. The molecule has 0 aliphatic carbocycles. The average molecular weight is 303 g/mol. The molecule has 1 heterocycles. The van der Waals surface area contributed by atoms with Crippen LogP contribution in [0.1, 0.15) is 16.7 Å². The van der Waals surface area contributed by atoms with E-state index < -0.39 is 0 Å². The normalized spacial score (nSPS) is 9.89. The summed E-state index contributed by atoms with van der Waals surface area (Å²) in [5, 5.41) is 8.90. The molecule has 0 saturated heterocycles. The van der Waals surface area contributed by atoms with Gasteiger partial charge in [-0.05, 0) is 53.0 Å². The smallest absolute Gasteiger partial charge is 0.144 e. The number of hydrogen-bond acceptors (Lipinski definition) is 3. The summed E-state index contributed by atoms with van der Waals surface area (Å²) in [5.74, 6) is 1.49. The summed E-state index contributed by atoms with van der Waals surface area (Å²) in [6.07, 6.45) is 3.36. The van der Waals surface area contributed by atoms with Gasteiger partial charge in [-0.25, -0.2) is 0 Å². The van der Waals surface area contributed by atoms with Crippen LogP contribution in [0.3, 0.4) is 0 Å². The lowest BCUT2D eigenvalue weighted by atomic mass is 10.1. The fourth-order valence-corrected chi connectivity index (χ4v) is 2.06. The minimum absolute atomic E-state index is 0.645. The van der Waals surface area contributed by atoms with E-state index in [-0.39, 0.29) is 0 Å². The van der Waals surface area contributed by atoms with Gasteiger partial charge in [0.1, 0.15) is 11.5 Å². The largest absolute Gasteiger partial charge is 0.456 e. The zero-order chi connectivity index (χ0) is 13.1. The fraction of sp³-hybridized carbons (Fsp3) is 0.143. The summed E-state index contributed by atoms with van der Waals surface area (Å²) in [5.41, 5.74) is 2.52. The number of rotatable bonds is 2. The molecule has 4 heteroatoms. The van der Waals surface area contributed by atoms with Crippen LogP contribution in [0.15, 0.2) is 35.1 Å². The lowest BCUT2D eigenvalue weighted by Gasteiger charge is -2.13. The van der Waals surface area contributed by atoms with Crippen LogP contribution in [0.4, 0.5) is 0 Å².